The van der Waals surface area contributed by atoms with E-state index in [-0.39, 0.29) is 5.78 Å². The summed E-state index contributed by atoms with van der Waals surface area (Å²) in [5.41, 5.74) is 0.261. The summed E-state index contributed by atoms with van der Waals surface area (Å²) >= 11 is 0. The Bertz CT molecular complexity index is 473. The van der Waals surface area contributed by atoms with Crippen LogP contribution >= 0.6 is 7.60 Å². The quantitative estimate of drug-likeness (QED) is 0.718. The van der Waals surface area contributed by atoms with Crippen molar-refractivity contribution in [3.63, 3.8) is 0 Å². The molecule has 104 valence electrons. The van der Waals surface area contributed by atoms with Crippen molar-refractivity contribution in [3.8, 4) is 0 Å². The van der Waals surface area contributed by atoms with Crippen molar-refractivity contribution in [1.29, 1.82) is 0 Å². The highest BCUT2D eigenvalue weighted by atomic mass is 31.2. The van der Waals surface area contributed by atoms with Gasteiger partial charge in [-0.05, 0) is 18.9 Å². The fourth-order valence-corrected chi connectivity index (χ4v) is 3.23. The van der Waals surface area contributed by atoms with E-state index < -0.39 is 13.3 Å². The predicted octanol–water partition coefficient (Wildman–Crippen LogP) is 3.53. The molecule has 0 aromatic heterocycles. The summed E-state index contributed by atoms with van der Waals surface area (Å²) in [5.74, 6) is -0.204. The van der Waals surface area contributed by atoms with Crippen molar-refractivity contribution in [2.75, 3.05) is 14.2 Å². The number of Topliss-reactive ketones (excluding diaryl/α,β-unsaturated/α-hetero) is 1. The molecule has 1 unspecified atom stereocenters. The molecule has 0 spiro atoms. The van der Waals surface area contributed by atoms with Gasteiger partial charge in [-0.15, -0.1) is 0 Å². The fourth-order valence-electron chi connectivity index (χ4n) is 1.74. The molecule has 1 aromatic carbocycles. The Kier molecular flexibility index (Phi) is 6.16. The molecule has 0 aliphatic rings. The van der Waals surface area contributed by atoms with E-state index >= 15 is 0 Å². The van der Waals surface area contributed by atoms with Gasteiger partial charge in [-0.2, -0.15) is 0 Å². The minimum atomic E-state index is -3.37. The van der Waals surface area contributed by atoms with Crippen LogP contribution in [0.2, 0.25) is 0 Å². The van der Waals surface area contributed by atoms with Crippen molar-refractivity contribution < 1.29 is 18.4 Å². The molecule has 1 aromatic rings. The third kappa shape index (κ3) is 4.43. The number of hydrogen-bond donors (Lipinski definition) is 0. The first-order valence-electron chi connectivity index (χ1n) is 5.96. The van der Waals surface area contributed by atoms with Crippen LogP contribution in [0.4, 0.5) is 0 Å². The standard InChI is InChI=1S/C14H19O4P/c1-12(15)14(19(16,17-2)18-3)11-7-10-13-8-5-4-6-9-13/h4-10,14H,11H2,1-3H3. The third-order valence-electron chi connectivity index (χ3n) is 2.83. The monoisotopic (exact) mass is 282 g/mol. The van der Waals surface area contributed by atoms with E-state index in [1.165, 1.54) is 21.1 Å². The van der Waals surface area contributed by atoms with Crippen LogP contribution in [0.3, 0.4) is 0 Å². The Hall–Kier alpha value is -1.22. The number of hydrogen-bond acceptors (Lipinski definition) is 4. The summed E-state index contributed by atoms with van der Waals surface area (Å²) in [6.45, 7) is 1.39. The summed E-state index contributed by atoms with van der Waals surface area (Å²) in [6.07, 6.45) is 4.01. The van der Waals surface area contributed by atoms with Gasteiger partial charge in [0.25, 0.3) is 0 Å². The molecule has 0 heterocycles. The van der Waals surface area contributed by atoms with E-state index in [0.717, 1.165) is 5.56 Å². The lowest BCUT2D eigenvalue weighted by Crippen LogP contribution is -2.19. The molecule has 4 nitrogen and oxygen atoms in total. The molecule has 0 bridgehead atoms. The van der Waals surface area contributed by atoms with Gasteiger partial charge in [0.2, 0.25) is 0 Å². The molecule has 19 heavy (non-hydrogen) atoms. The third-order valence-corrected chi connectivity index (χ3v) is 5.18. The highest BCUT2D eigenvalue weighted by molar-refractivity contribution is 7.55. The lowest BCUT2D eigenvalue weighted by Gasteiger charge is -2.20. The van der Waals surface area contributed by atoms with Gasteiger partial charge in [-0.25, -0.2) is 0 Å². The van der Waals surface area contributed by atoms with Gasteiger partial charge in [0.15, 0.2) is 0 Å². The molecule has 0 N–H and O–H groups in total. The van der Waals surface area contributed by atoms with E-state index in [9.17, 15) is 9.36 Å². The van der Waals surface area contributed by atoms with Crippen molar-refractivity contribution in [1.82, 2.24) is 0 Å². The van der Waals surface area contributed by atoms with Crippen LogP contribution in [0, 0.1) is 0 Å². The SMILES string of the molecule is COP(=O)(OC)C(CC=Cc1ccccc1)C(C)=O. The van der Waals surface area contributed by atoms with E-state index in [4.69, 9.17) is 9.05 Å². The van der Waals surface area contributed by atoms with E-state index in [2.05, 4.69) is 0 Å². The van der Waals surface area contributed by atoms with Crippen LogP contribution in [0.5, 0.6) is 0 Å². The Labute approximate surface area is 114 Å². The lowest BCUT2D eigenvalue weighted by atomic mass is 10.1. The summed E-state index contributed by atoms with van der Waals surface area (Å²) in [5, 5.41) is 0. The Morgan fingerprint density at radius 3 is 2.32 bits per heavy atom. The molecule has 0 saturated carbocycles. The van der Waals surface area contributed by atoms with Gasteiger partial charge >= 0.3 is 7.60 Å². The largest absolute Gasteiger partial charge is 0.340 e. The zero-order chi connectivity index (χ0) is 14.3. The summed E-state index contributed by atoms with van der Waals surface area (Å²) in [6, 6.07) is 9.69. The van der Waals surface area contributed by atoms with Gasteiger partial charge < -0.3 is 9.05 Å². The first-order valence-corrected chi connectivity index (χ1v) is 7.58. The highest BCUT2D eigenvalue weighted by Gasteiger charge is 2.36. The number of carbonyl (C=O) groups excluding carboxylic acids is 1. The van der Waals surface area contributed by atoms with Crippen molar-refractivity contribution >= 4 is 19.5 Å². The molecule has 1 rings (SSSR count). The average Bonchev–Trinajstić information content (AvgIpc) is 2.43. The number of allylic oxidation sites excluding steroid dienone is 1. The maximum Gasteiger partial charge on any atom is 0.340 e. The first kappa shape index (κ1) is 15.8. The van der Waals surface area contributed by atoms with Crippen LogP contribution < -0.4 is 0 Å². The van der Waals surface area contributed by atoms with Crippen LogP contribution in [-0.4, -0.2) is 25.7 Å². The summed E-state index contributed by atoms with van der Waals surface area (Å²) in [4.78, 5) is 11.6. The second kappa shape index (κ2) is 7.39. The molecule has 0 aliphatic carbocycles. The summed E-state index contributed by atoms with van der Waals surface area (Å²) < 4.78 is 22.0. The zero-order valence-electron chi connectivity index (χ0n) is 11.4. The first-order chi connectivity index (χ1) is 9.03. The Balaban J connectivity index is 2.79. The molecule has 0 radical (unpaired) electrons. The minimum Gasteiger partial charge on any atom is -0.311 e. The number of ketones is 1. The van der Waals surface area contributed by atoms with Crippen molar-refractivity contribution in [2.24, 2.45) is 0 Å². The molecule has 0 aliphatic heterocycles. The molecule has 5 heteroatoms. The predicted molar refractivity (Wildman–Crippen MR) is 76.2 cm³/mol. The molecular weight excluding hydrogens is 263 g/mol. The topological polar surface area (TPSA) is 52.6 Å². The molecule has 0 saturated heterocycles. The fraction of sp³-hybridized carbons (Fsp3) is 0.357. The Morgan fingerprint density at radius 2 is 1.84 bits per heavy atom. The van der Waals surface area contributed by atoms with Crippen LogP contribution in [0.1, 0.15) is 18.9 Å². The van der Waals surface area contributed by atoms with Crippen molar-refractivity contribution in [2.45, 2.75) is 19.0 Å². The van der Waals surface area contributed by atoms with E-state index in [1.807, 2.05) is 42.5 Å². The molecule has 1 atom stereocenters. The smallest absolute Gasteiger partial charge is 0.311 e. The van der Waals surface area contributed by atoms with Crippen LogP contribution in [0.25, 0.3) is 6.08 Å². The second-order valence-corrected chi connectivity index (χ2v) is 6.51. The maximum atomic E-state index is 12.2. The number of benzene rings is 1. The van der Waals surface area contributed by atoms with Crippen molar-refractivity contribution in [3.05, 3.63) is 42.0 Å². The number of rotatable bonds is 7. The van der Waals surface area contributed by atoms with Gasteiger partial charge in [0.05, 0.1) is 0 Å². The molecule has 0 amide bonds. The van der Waals surface area contributed by atoms with Gasteiger partial charge in [0, 0.05) is 14.2 Å². The van der Waals surface area contributed by atoms with Crippen LogP contribution in [-0.2, 0) is 18.4 Å². The average molecular weight is 282 g/mol. The number of carbonyl (C=O) groups is 1. The van der Waals surface area contributed by atoms with E-state index in [1.54, 1.807) is 0 Å². The Morgan fingerprint density at radius 1 is 1.26 bits per heavy atom. The lowest BCUT2D eigenvalue weighted by molar-refractivity contribution is -0.116. The maximum absolute atomic E-state index is 12.2. The normalized spacial score (nSPS) is 13.6. The van der Waals surface area contributed by atoms with Gasteiger partial charge in [0.1, 0.15) is 11.4 Å². The van der Waals surface area contributed by atoms with Crippen LogP contribution in [0.15, 0.2) is 36.4 Å². The van der Waals surface area contributed by atoms with Gasteiger partial charge in [-0.1, -0.05) is 42.5 Å². The summed E-state index contributed by atoms with van der Waals surface area (Å²) in [7, 11) is -0.784. The molecule has 0 fully saturated rings. The van der Waals surface area contributed by atoms with E-state index in [0.29, 0.717) is 6.42 Å². The minimum absolute atomic E-state index is 0.204. The zero-order valence-corrected chi connectivity index (χ0v) is 12.3. The van der Waals surface area contributed by atoms with Gasteiger partial charge in [-0.3, -0.25) is 9.36 Å². The molecular formula is C14H19O4P. The second-order valence-electron chi connectivity index (χ2n) is 4.08. The highest BCUT2D eigenvalue weighted by Crippen LogP contribution is 2.53.